The molecule has 84 valence electrons. The Labute approximate surface area is 87.3 Å². The number of halogens is 3. The normalized spacial score (nSPS) is 15.3. The van der Waals surface area contributed by atoms with E-state index in [4.69, 9.17) is 0 Å². The van der Waals surface area contributed by atoms with E-state index in [1.165, 1.54) is 32.2 Å². The predicted molar refractivity (Wildman–Crippen MR) is 53.6 cm³/mol. The van der Waals surface area contributed by atoms with Gasteiger partial charge in [-0.2, -0.15) is 0 Å². The molecule has 0 amide bonds. The molecule has 0 aliphatic carbocycles. The fourth-order valence-electron chi connectivity index (χ4n) is 1.31. The second kappa shape index (κ2) is 4.66. The van der Waals surface area contributed by atoms with E-state index in [1.54, 1.807) is 6.07 Å². The van der Waals surface area contributed by atoms with E-state index < -0.39 is 17.8 Å². The van der Waals surface area contributed by atoms with E-state index >= 15 is 0 Å². The van der Waals surface area contributed by atoms with Crippen molar-refractivity contribution in [2.24, 2.45) is 0 Å². The standard InChI is InChI=1S/C11H14F3N/c1-11(15-2,10(13)14)7-8-5-3-4-6-9(8)12/h3-6,10,15H,7H2,1-2H3. The first-order valence-electron chi connectivity index (χ1n) is 4.70. The van der Waals surface area contributed by atoms with Gasteiger partial charge in [0.2, 0.25) is 0 Å². The summed E-state index contributed by atoms with van der Waals surface area (Å²) in [4.78, 5) is 0. The van der Waals surface area contributed by atoms with Crippen LogP contribution in [0.1, 0.15) is 12.5 Å². The fourth-order valence-corrected chi connectivity index (χ4v) is 1.31. The molecular formula is C11H14F3N. The summed E-state index contributed by atoms with van der Waals surface area (Å²) in [5, 5.41) is 2.54. The third-order valence-electron chi connectivity index (χ3n) is 2.57. The first-order valence-corrected chi connectivity index (χ1v) is 4.70. The molecule has 1 aromatic rings. The Morgan fingerprint density at radius 2 is 1.93 bits per heavy atom. The average molecular weight is 217 g/mol. The van der Waals surface area contributed by atoms with Gasteiger partial charge in [0.25, 0.3) is 6.43 Å². The lowest BCUT2D eigenvalue weighted by atomic mass is 9.93. The number of hydrogen-bond donors (Lipinski definition) is 1. The molecule has 1 unspecified atom stereocenters. The average Bonchev–Trinajstić information content (AvgIpc) is 2.21. The van der Waals surface area contributed by atoms with E-state index in [-0.39, 0.29) is 6.42 Å². The predicted octanol–water partition coefficient (Wildman–Crippen LogP) is 2.61. The van der Waals surface area contributed by atoms with Crippen LogP contribution in [0.25, 0.3) is 0 Å². The molecule has 1 N–H and O–H groups in total. The molecule has 15 heavy (non-hydrogen) atoms. The van der Waals surface area contributed by atoms with Crippen molar-refractivity contribution < 1.29 is 13.2 Å². The van der Waals surface area contributed by atoms with Crippen molar-refractivity contribution >= 4 is 0 Å². The van der Waals surface area contributed by atoms with E-state index in [2.05, 4.69) is 5.32 Å². The van der Waals surface area contributed by atoms with E-state index in [0.29, 0.717) is 5.56 Å². The van der Waals surface area contributed by atoms with Crippen LogP contribution in [0.2, 0.25) is 0 Å². The van der Waals surface area contributed by atoms with Crippen LogP contribution in [-0.4, -0.2) is 19.0 Å². The first kappa shape index (κ1) is 12.0. The minimum atomic E-state index is -2.54. The monoisotopic (exact) mass is 217 g/mol. The van der Waals surface area contributed by atoms with Crippen LogP contribution >= 0.6 is 0 Å². The lowest BCUT2D eigenvalue weighted by molar-refractivity contribution is 0.0447. The highest BCUT2D eigenvalue weighted by atomic mass is 19.3. The second-order valence-corrected chi connectivity index (χ2v) is 3.74. The molecule has 1 nitrogen and oxygen atoms in total. The maximum Gasteiger partial charge on any atom is 0.256 e. The highest BCUT2D eigenvalue weighted by Crippen LogP contribution is 2.21. The third kappa shape index (κ3) is 2.72. The number of hydrogen-bond acceptors (Lipinski definition) is 1. The first-order chi connectivity index (χ1) is 6.99. The van der Waals surface area contributed by atoms with Crippen LogP contribution in [0, 0.1) is 5.82 Å². The number of nitrogens with one attached hydrogen (secondary N) is 1. The van der Waals surface area contributed by atoms with E-state index in [9.17, 15) is 13.2 Å². The van der Waals surface area contributed by atoms with Crippen molar-refractivity contribution in [2.45, 2.75) is 25.3 Å². The number of likely N-dealkylation sites (N-methyl/N-ethyl adjacent to an activating group) is 1. The molecule has 0 aromatic heterocycles. The third-order valence-corrected chi connectivity index (χ3v) is 2.57. The van der Waals surface area contributed by atoms with Gasteiger partial charge in [0.1, 0.15) is 5.82 Å². The van der Waals surface area contributed by atoms with E-state index in [1.807, 2.05) is 0 Å². The van der Waals surface area contributed by atoms with Crippen LogP contribution < -0.4 is 5.32 Å². The van der Waals surface area contributed by atoms with Gasteiger partial charge >= 0.3 is 0 Å². The molecule has 0 heterocycles. The van der Waals surface area contributed by atoms with Crippen LogP contribution in [0.4, 0.5) is 13.2 Å². The van der Waals surface area contributed by atoms with Crippen LogP contribution in [-0.2, 0) is 6.42 Å². The molecule has 0 saturated carbocycles. The maximum atomic E-state index is 13.2. The fraction of sp³-hybridized carbons (Fsp3) is 0.455. The van der Waals surface area contributed by atoms with Gasteiger partial charge in [0, 0.05) is 0 Å². The Balaban J connectivity index is 2.89. The topological polar surface area (TPSA) is 12.0 Å². The summed E-state index contributed by atoms with van der Waals surface area (Å²) in [5.41, 5.74) is -1.09. The molecule has 0 aliphatic heterocycles. The lowest BCUT2D eigenvalue weighted by Crippen LogP contribution is -2.48. The van der Waals surface area contributed by atoms with Crippen molar-refractivity contribution in [1.29, 1.82) is 0 Å². The van der Waals surface area contributed by atoms with Crippen molar-refractivity contribution in [3.05, 3.63) is 35.6 Å². The molecule has 0 radical (unpaired) electrons. The van der Waals surface area contributed by atoms with Gasteiger partial charge in [-0.25, -0.2) is 13.2 Å². The molecule has 1 rings (SSSR count). The van der Waals surface area contributed by atoms with Gasteiger partial charge < -0.3 is 5.32 Å². The molecular weight excluding hydrogens is 203 g/mol. The smallest absolute Gasteiger partial charge is 0.256 e. The molecule has 0 bridgehead atoms. The number of alkyl halides is 2. The molecule has 0 saturated heterocycles. The summed E-state index contributed by atoms with van der Waals surface area (Å²) in [5.74, 6) is -0.445. The van der Waals surface area contributed by atoms with Crippen LogP contribution in [0.3, 0.4) is 0 Å². The zero-order chi connectivity index (χ0) is 11.5. The summed E-state index contributed by atoms with van der Waals surface area (Å²) in [6, 6.07) is 5.97. The van der Waals surface area contributed by atoms with Crippen LogP contribution in [0.15, 0.2) is 24.3 Å². The summed E-state index contributed by atoms with van der Waals surface area (Å²) < 4.78 is 38.7. The van der Waals surface area contributed by atoms with Crippen LogP contribution in [0.5, 0.6) is 0 Å². The van der Waals surface area contributed by atoms with Gasteiger partial charge in [-0.1, -0.05) is 18.2 Å². The Morgan fingerprint density at radius 1 is 1.33 bits per heavy atom. The van der Waals surface area contributed by atoms with Gasteiger partial charge in [-0.05, 0) is 32.0 Å². The number of benzene rings is 1. The Hall–Kier alpha value is -1.03. The maximum absolute atomic E-state index is 13.2. The van der Waals surface area contributed by atoms with Gasteiger partial charge in [-0.3, -0.25) is 0 Å². The van der Waals surface area contributed by atoms with E-state index in [0.717, 1.165) is 0 Å². The van der Waals surface area contributed by atoms with Crippen molar-refractivity contribution in [2.75, 3.05) is 7.05 Å². The summed E-state index contributed by atoms with van der Waals surface area (Å²) in [6.45, 7) is 1.38. The summed E-state index contributed by atoms with van der Waals surface area (Å²) >= 11 is 0. The minimum Gasteiger partial charge on any atom is -0.309 e. The van der Waals surface area contributed by atoms with Crippen molar-refractivity contribution in [3.8, 4) is 0 Å². The van der Waals surface area contributed by atoms with Crippen molar-refractivity contribution in [1.82, 2.24) is 5.32 Å². The molecule has 0 fully saturated rings. The Bertz CT molecular complexity index is 327. The zero-order valence-electron chi connectivity index (χ0n) is 8.73. The lowest BCUT2D eigenvalue weighted by Gasteiger charge is -2.28. The molecule has 0 aliphatic rings. The highest BCUT2D eigenvalue weighted by molar-refractivity contribution is 5.20. The van der Waals surface area contributed by atoms with Gasteiger partial charge in [0.15, 0.2) is 0 Å². The Morgan fingerprint density at radius 3 is 2.40 bits per heavy atom. The van der Waals surface area contributed by atoms with Crippen molar-refractivity contribution in [3.63, 3.8) is 0 Å². The highest BCUT2D eigenvalue weighted by Gasteiger charge is 2.33. The largest absolute Gasteiger partial charge is 0.309 e. The molecule has 0 spiro atoms. The second-order valence-electron chi connectivity index (χ2n) is 3.74. The Kier molecular flexibility index (Phi) is 3.74. The summed E-state index contributed by atoms with van der Waals surface area (Å²) in [7, 11) is 1.45. The summed E-state index contributed by atoms with van der Waals surface area (Å²) in [6.07, 6.45) is -2.57. The van der Waals surface area contributed by atoms with Gasteiger partial charge in [0.05, 0.1) is 5.54 Å². The molecule has 4 heteroatoms. The zero-order valence-corrected chi connectivity index (χ0v) is 8.73. The molecule has 1 aromatic carbocycles. The van der Waals surface area contributed by atoms with Gasteiger partial charge in [-0.15, -0.1) is 0 Å². The molecule has 1 atom stereocenters. The minimum absolute atomic E-state index is 0.0339. The SMILES string of the molecule is CNC(C)(Cc1ccccc1F)C(F)F. The number of rotatable bonds is 4. The quantitative estimate of drug-likeness (QED) is 0.817.